The van der Waals surface area contributed by atoms with Crippen LogP contribution in [0, 0.1) is 0 Å². The van der Waals surface area contributed by atoms with E-state index in [2.05, 4.69) is 208 Å². The van der Waals surface area contributed by atoms with E-state index in [4.69, 9.17) is 0 Å². The zero-order valence-electron chi connectivity index (χ0n) is 31.0. The fourth-order valence-electron chi connectivity index (χ4n) is 9.63. The molecule has 0 bridgehead atoms. The lowest BCUT2D eigenvalue weighted by molar-refractivity contribution is 0.661. The summed E-state index contributed by atoms with van der Waals surface area (Å²) >= 11 is 0. The van der Waals surface area contributed by atoms with Crippen LogP contribution in [0.2, 0.25) is 0 Å². The molecule has 0 unspecified atom stereocenters. The van der Waals surface area contributed by atoms with Gasteiger partial charge in [-0.1, -0.05) is 196 Å². The molecule has 1 aliphatic carbocycles. The van der Waals surface area contributed by atoms with Crippen molar-refractivity contribution in [1.82, 2.24) is 0 Å². The van der Waals surface area contributed by atoms with Gasteiger partial charge >= 0.3 is 0 Å². The minimum Gasteiger partial charge on any atom is -0.0622 e. The highest BCUT2D eigenvalue weighted by molar-refractivity contribution is 6.28. The molecule has 0 aliphatic heterocycles. The molecule has 0 nitrogen and oxygen atoms in total. The van der Waals surface area contributed by atoms with Gasteiger partial charge in [0.25, 0.3) is 0 Å². The van der Waals surface area contributed by atoms with Crippen LogP contribution in [-0.4, -0.2) is 0 Å². The van der Waals surface area contributed by atoms with Crippen molar-refractivity contribution >= 4 is 43.1 Å². The van der Waals surface area contributed by atoms with E-state index in [-0.39, 0.29) is 5.41 Å². The highest BCUT2D eigenvalue weighted by atomic mass is 14.4. The number of rotatable bonds is 4. The van der Waals surface area contributed by atoms with Gasteiger partial charge < -0.3 is 0 Å². The normalized spacial score (nSPS) is 13.1. The molecule has 1 aliphatic rings. The van der Waals surface area contributed by atoms with Crippen LogP contribution in [0.3, 0.4) is 0 Å². The summed E-state index contributed by atoms with van der Waals surface area (Å²) in [6.07, 6.45) is 0. The van der Waals surface area contributed by atoms with E-state index in [1.165, 1.54) is 110 Å². The molecule has 0 amide bonds. The molecule has 0 radical (unpaired) electrons. The van der Waals surface area contributed by atoms with Crippen LogP contribution >= 0.6 is 0 Å². The van der Waals surface area contributed by atoms with Crippen molar-refractivity contribution in [2.45, 2.75) is 19.3 Å². The molecule has 55 heavy (non-hydrogen) atoms. The Morgan fingerprint density at radius 2 is 0.836 bits per heavy atom. The van der Waals surface area contributed by atoms with Crippen molar-refractivity contribution in [1.29, 1.82) is 0 Å². The molecule has 10 aromatic rings. The molecule has 10 aromatic carbocycles. The minimum absolute atomic E-state index is 0.103. The maximum atomic E-state index is 2.46. The van der Waals surface area contributed by atoms with Gasteiger partial charge in [0.05, 0.1) is 0 Å². The van der Waals surface area contributed by atoms with Gasteiger partial charge in [0.15, 0.2) is 0 Å². The molecular weight excluding hydrogens is 661 g/mol. The molecule has 0 heterocycles. The molecule has 0 saturated heterocycles. The Morgan fingerprint density at radius 1 is 0.291 bits per heavy atom. The summed E-state index contributed by atoms with van der Waals surface area (Å²) < 4.78 is 0. The van der Waals surface area contributed by atoms with E-state index in [1.54, 1.807) is 0 Å². The molecule has 0 atom stereocenters. The molecule has 11 rings (SSSR count). The number of fused-ring (bicyclic) bond motifs is 9. The van der Waals surface area contributed by atoms with E-state index in [9.17, 15) is 0 Å². The van der Waals surface area contributed by atoms with E-state index in [1.807, 2.05) is 0 Å². The van der Waals surface area contributed by atoms with E-state index in [0.717, 1.165) is 0 Å². The fraction of sp³-hybridized carbons (Fsp3) is 0.0545. The molecule has 0 aromatic heterocycles. The summed E-state index contributed by atoms with van der Waals surface area (Å²) in [5.74, 6) is 0. The molecule has 0 fully saturated rings. The van der Waals surface area contributed by atoms with Gasteiger partial charge in [-0.25, -0.2) is 0 Å². The number of benzene rings is 10. The van der Waals surface area contributed by atoms with E-state index < -0.39 is 0 Å². The Morgan fingerprint density at radius 3 is 1.56 bits per heavy atom. The van der Waals surface area contributed by atoms with Crippen LogP contribution in [0.15, 0.2) is 194 Å². The average molecular weight is 699 g/mol. The predicted octanol–water partition coefficient (Wildman–Crippen LogP) is 15.3. The second kappa shape index (κ2) is 12.1. The quantitative estimate of drug-likeness (QED) is 0.127. The van der Waals surface area contributed by atoms with Gasteiger partial charge in [-0.3, -0.25) is 0 Å². The molecule has 0 saturated carbocycles. The summed E-state index contributed by atoms with van der Waals surface area (Å²) in [6, 6.07) is 72.2. The monoisotopic (exact) mass is 698 g/mol. The standard InChI is InChI=1S/C55H38/c1-55(2)49-32-28-37-18-9-11-21-41(37)53(49)46-30-27-40(34-50(46)55)39-26-29-45(48(33-39)35-15-5-3-6-16-35)52-44-24-14-13-23-43(44)51(38-19-7-4-8-20-38)54-42-22-12-10-17-36(42)25-31-47(52)54/h3-34H,1-2H3. The van der Waals surface area contributed by atoms with Crippen LogP contribution in [0.4, 0.5) is 0 Å². The Bertz CT molecular complexity index is 3150. The summed E-state index contributed by atoms with van der Waals surface area (Å²) in [5.41, 5.74) is 15.4. The summed E-state index contributed by atoms with van der Waals surface area (Å²) in [4.78, 5) is 0. The van der Waals surface area contributed by atoms with Crippen LogP contribution in [0.1, 0.15) is 25.0 Å². The second-order valence-electron chi connectivity index (χ2n) is 15.6. The van der Waals surface area contributed by atoms with Crippen LogP contribution < -0.4 is 0 Å². The first-order chi connectivity index (χ1) is 27.1. The zero-order valence-corrected chi connectivity index (χ0v) is 31.0. The molecule has 258 valence electrons. The van der Waals surface area contributed by atoms with Crippen molar-refractivity contribution in [3.63, 3.8) is 0 Å². The Labute approximate surface area is 322 Å². The largest absolute Gasteiger partial charge is 0.0622 e. The third-order valence-electron chi connectivity index (χ3n) is 12.2. The van der Waals surface area contributed by atoms with Crippen LogP contribution in [0.25, 0.3) is 98.7 Å². The summed E-state index contributed by atoms with van der Waals surface area (Å²) in [5, 5.41) is 10.3. The molecule has 0 N–H and O–H groups in total. The van der Waals surface area contributed by atoms with Gasteiger partial charge in [0.2, 0.25) is 0 Å². The van der Waals surface area contributed by atoms with Gasteiger partial charge in [-0.05, 0) is 122 Å². The number of hydrogen-bond acceptors (Lipinski definition) is 0. The van der Waals surface area contributed by atoms with Crippen molar-refractivity contribution in [3.8, 4) is 55.6 Å². The lowest BCUT2D eigenvalue weighted by atomic mass is 9.80. The first-order valence-corrected chi connectivity index (χ1v) is 19.4. The van der Waals surface area contributed by atoms with Crippen molar-refractivity contribution in [3.05, 3.63) is 205 Å². The third kappa shape index (κ3) is 4.78. The highest BCUT2D eigenvalue weighted by Gasteiger charge is 2.36. The van der Waals surface area contributed by atoms with Gasteiger partial charge in [0, 0.05) is 5.41 Å². The van der Waals surface area contributed by atoms with Crippen molar-refractivity contribution in [2.75, 3.05) is 0 Å². The molecule has 0 heteroatoms. The van der Waals surface area contributed by atoms with Gasteiger partial charge in [0.1, 0.15) is 0 Å². The molecular formula is C55H38. The topological polar surface area (TPSA) is 0 Å². The summed E-state index contributed by atoms with van der Waals surface area (Å²) in [7, 11) is 0. The lowest BCUT2D eigenvalue weighted by Gasteiger charge is -2.23. The Hall–Kier alpha value is -6.76. The second-order valence-corrected chi connectivity index (χ2v) is 15.6. The van der Waals surface area contributed by atoms with Crippen LogP contribution in [0.5, 0.6) is 0 Å². The predicted molar refractivity (Wildman–Crippen MR) is 236 cm³/mol. The minimum atomic E-state index is -0.103. The van der Waals surface area contributed by atoms with E-state index in [0.29, 0.717) is 0 Å². The fourth-order valence-corrected chi connectivity index (χ4v) is 9.63. The smallest absolute Gasteiger partial charge is 0.0159 e. The summed E-state index contributed by atoms with van der Waals surface area (Å²) in [6.45, 7) is 4.77. The third-order valence-corrected chi connectivity index (χ3v) is 12.2. The first kappa shape index (κ1) is 31.7. The van der Waals surface area contributed by atoms with Crippen molar-refractivity contribution < 1.29 is 0 Å². The van der Waals surface area contributed by atoms with E-state index >= 15 is 0 Å². The first-order valence-electron chi connectivity index (χ1n) is 19.4. The lowest BCUT2D eigenvalue weighted by Crippen LogP contribution is -2.15. The maximum Gasteiger partial charge on any atom is 0.0159 e. The Kier molecular flexibility index (Phi) is 7.00. The SMILES string of the molecule is CC1(C)c2cc(-c3ccc(-c4c5ccccc5c(-c5ccccc5)c5c4ccc4ccccc45)c(-c4ccccc4)c3)ccc2-c2c1ccc1ccccc21. The number of hydrogen-bond donors (Lipinski definition) is 0. The molecule has 0 spiro atoms. The van der Waals surface area contributed by atoms with Crippen LogP contribution in [-0.2, 0) is 5.41 Å². The van der Waals surface area contributed by atoms with Gasteiger partial charge in [-0.2, -0.15) is 0 Å². The van der Waals surface area contributed by atoms with Crippen molar-refractivity contribution in [2.24, 2.45) is 0 Å². The highest BCUT2D eigenvalue weighted by Crippen LogP contribution is 2.53. The Balaban J connectivity index is 1.18. The van der Waals surface area contributed by atoms with Gasteiger partial charge in [-0.15, -0.1) is 0 Å². The maximum absolute atomic E-state index is 2.46. The average Bonchev–Trinajstić information content (AvgIpc) is 3.48. The zero-order chi connectivity index (χ0) is 36.7.